The Labute approximate surface area is 173 Å². The summed E-state index contributed by atoms with van der Waals surface area (Å²) < 4.78 is 16.1. The van der Waals surface area contributed by atoms with E-state index in [0.29, 0.717) is 6.42 Å². The van der Waals surface area contributed by atoms with Crippen molar-refractivity contribution in [1.82, 2.24) is 4.90 Å². The molecule has 0 spiro atoms. The predicted octanol–water partition coefficient (Wildman–Crippen LogP) is 1.49. The van der Waals surface area contributed by atoms with Crippen LogP contribution in [-0.2, 0) is 17.8 Å². The van der Waals surface area contributed by atoms with Gasteiger partial charge in [-0.15, -0.1) is 0 Å². The Morgan fingerprint density at radius 1 is 0.931 bits per heavy atom. The van der Waals surface area contributed by atoms with Gasteiger partial charge in [0.25, 0.3) is 0 Å². The molecule has 1 fully saturated rings. The molecule has 1 amide bonds. The van der Waals surface area contributed by atoms with Crippen LogP contribution in [0.25, 0.3) is 0 Å². The summed E-state index contributed by atoms with van der Waals surface area (Å²) in [7, 11) is 4.95. The monoisotopic (exact) mass is 399 g/mol. The van der Waals surface area contributed by atoms with Gasteiger partial charge in [0, 0.05) is 11.1 Å². The van der Waals surface area contributed by atoms with Crippen molar-refractivity contribution in [3.8, 4) is 17.2 Å². The zero-order chi connectivity index (χ0) is 20.8. The highest BCUT2D eigenvalue weighted by Gasteiger charge is 2.24. The fraction of sp³-hybridized carbons (Fsp3) is 0.435. The van der Waals surface area contributed by atoms with Crippen molar-refractivity contribution in [2.45, 2.75) is 19.9 Å². The number of carbonyl (C=O) groups is 1. The van der Waals surface area contributed by atoms with Gasteiger partial charge in [-0.05, 0) is 31.2 Å². The largest absolute Gasteiger partial charge is 0.496 e. The van der Waals surface area contributed by atoms with Crippen molar-refractivity contribution < 1.29 is 23.9 Å². The molecule has 0 unspecified atom stereocenters. The van der Waals surface area contributed by atoms with Gasteiger partial charge in [0.05, 0.1) is 53.9 Å². The number of piperazine rings is 1. The van der Waals surface area contributed by atoms with Crippen molar-refractivity contribution in [3.63, 3.8) is 0 Å². The molecule has 0 aliphatic carbocycles. The number of amides is 1. The third-order valence-corrected chi connectivity index (χ3v) is 5.50. The Bertz CT molecular complexity index is 845. The number of quaternary nitrogens is 1. The summed E-state index contributed by atoms with van der Waals surface area (Å²) >= 11 is 0. The van der Waals surface area contributed by atoms with E-state index in [9.17, 15) is 4.79 Å². The van der Waals surface area contributed by atoms with E-state index in [1.165, 1.54) is 10.5 Å². The molecule has 1 heterocycles. The highest BCUT2D eigenvalue weighted by Crippen LogP contribution is 2.27. The van der Waals surface area contributed by atoms with Crippen LogP contribution in [0.15, 0.2) is 36.4 Å². The average Bonchev–Trinajstić information content (AvgIpc) is 2.74. The number of hydrogen-bond acceptors (Lipinski definition) is 4. The van der Waals surface area contributed by atoms with Gasteiger partial charge in [-0.2, -0.15) is 0 Å². The van der Waals surface area contributed by atoms with E-state index in [-0.39, 0.29) is 5.91 Å². The number of aryl methyl sites for hydroxylation is 1. The Morgan fingerprint density at radius 2 is 1.59 bits per heavy atom. The summed E-state index contributed by atoms with van der Waals surface area (Å²) in [6.07, 6.45) is 0.385. The molecule has 2 aromatic carbocycles. The lowest BCUT2D eigenvalue weighted by atomic mass is 10.1. The van der Waals surface area contributed by atoms with Gasteiger partial charge in [-0.3, -0.25) is 4.79 Å². The highest BCUT2D eigenvalue weighted by atomic mass is 16.5. The number of nitrogens with one attached hydrogen (secondary N) is 1. The lowest BCUT2D eigenvalue weighted by Crippen LogP contribution is -3.13. The topological polar surface area (TPSA) is 52.4 Å². The fourth-order valence-corrected chi connectivity index (χ4v) is 3.85. The van der Waals surface area contributed by atoms with E-state index in [0.717, 1.165) is 61.1 Å². The van der Waals surface area contributed by atoms with Gasteiger partial charge in [0.1, 0.15) is 12.3 Å². The molecule has 1 aliphatic rings. The second kappa shape index (κ2) is 9.65. The molecule has 1 aliphatic heterocycles. The summed E-state index contributed by atoms with van der Waals surface area (Å²) in [4.78, 5) is 16.2. The average molecular weight is 400 g/mol. The van der Waals surface area contributed by atoms with Crippen LogP contribution in [0.3, 0.4) is 0 Å². The van der Waals surface area contributed by atoms with Gasteiger partial charge in [0.15, 0.2) is 11.5 Å². The van der Waals surface area contributed by atoms with Gasteiger partial charge in [0.2, 0.25) is 5.91 Å². The van der Waals surface area contributed by atoms with Crippen molar-refractivity contribution >= 4 is 5.91 Å². The summed E-state index contributed by atoms with van der Waals surface area (Å²) in [6, 6.07) is 12.0. The van der Waals surface area contributed by atoms with Crippen LogP contribution in [0.2, 0.25) is 0 Å². The summed E-state index contributed by atoms with van der Waals surface area (Å²) in [5, 5.41) is 0. The molecule has 0 atom stereocenters. The molecule has 0 saturated carbocycles. The molecule has 1 saturated heterocycles. The second-order valence-electron chi connectivity index (χ2n) is 7.49. The fourth-order valence-electron chi connectivity index (χ4n) is 3.85. The molecule has 6 nitrogen and oxygen atoms in total. The van der Waals surface area contributed by atoms with Crippen molar-refractivity contribution in [3.05, 3.63) is 53.1 Å². The third kappa shape index (κ3) is 5.21. The Kier molecular flexibility index (Phi) is 6.99. The molecular formula is C23H31N2O4+. The minimum atomic E-state index is 0.166. The lowest BCUT2D eigenvalue weighted by Gasteiger charge is -2.32. The maximum Gasteiger partial charge on any atom is 0.227 e. The van der Waals surface area contributed by atoms with Crippen LogP contribution >= 0.6 is 0 Å². The molecule has 3 rings (SSSR count). The van der Waals surface area contributed by atoms with E-state index in [1.807, 2.05) is 42.2 Å². The zero-order valence-corrected chi connectivity index (χ0v) is 17.8. The van der Waals surface area contributed by atoms with Gasteiger partial charge < -0.3 is 24.0 Å². The smallest absolute Gasteiger partial charge is 0.227 e. The van der Waals surface area contributed by atoms with Crippen molar-refractivity contribution in [1.29, 1.82) is 0 Å². The number of carbonyl (C=O) groups excluding carboxylic acids is 1. The SMILES string of the molecule is COc1ccc(C)cc1CC(=O)N1CC[NH+](Cc2ccc(OC)c(OC)c2)CC1. The van der Waals surface area contributed by atoms with Crippen LogP contribution in [0.1, 0.15) is 16.7 Å². The molecule has 6 heteroatoms. The molecule has 29 heavy (non-hydrogen) atoms. The summed E-state index contributed by atoms with van der Waals surface area (Å²) in [5.74, 6) is 2.44. The first kappa shape index (κ1) is 21.0. The number of benzene rings is 2. The Balaban J connectivity index is 1.55. The van der Waals surface area contributed by atoms with E-state index in [4.69, 9.17) is 14.2 Å². The minimum Gasteiger partial charge on any atom is -0.496 e. The first-order valence-corrected chi connectivity index (χ1v) is 9.99. The van der Waals surface area contributed by atoms with E-state index < -0.39 is 0 Å². The number of rotatable bonds is 7. The van der Waals surface area contributed by atoms with Gasteiger partial charge in [-0.25, -0.2) is 0 Å². The summed E-state index contributed by atoms with van der Waals surface area (Å²) in [5.41, 5.74) is 3.30. The van der Waals surface area contributed by atoms with Crippen LogP contribution in [0, 0.1) is 6.92 Å². The van der Waals surface area contributed by atoms with Crippen molar-refractivity contribution in [2.24, 2.45) is 0 Å². The number of ether oxygens (including phenoxy) is 3. The van der Waals surface area contributed by atoms with Gasteiger partial charge >= 0.3 is 0 Å². The molecule has 1 N–H and O–H groups in total. The molecule has 0 radical (unpaired) electrons. The molecular weight excluding hydrogens is 368 g/mol. The zero-order valence-electron chi connectivity index (χ0n) is 17.8. The van der Waals surface area contributed by atoms with Crippen LogP contribution < -0.4 is 19.1 Å². The molecule has 0 aromatic heterocycles. The highest BCUT2D eigenvalue weighted by molar-refractivity contribution is 5.79. The Hall–Kier alpha value is -2.73. The number of methoxy groups -OCH3 is 3. The number of hydrogen-bond donors (Lipinski definition) is 1. The first-order valence-electron chi connectivity index (χ1n) is 9.99. The van der Waals surface area contributed by atoms with E-state index in [2.05, 4.69) is 6.07 Å². The minimum absolute atomic E-state index is 0.166. The maximum atomic E-state index is 12.8. The second-order valence-corrected chi connectivity index (χ2v) is 7.49. The van der Waals surface area contributed by atoms with Crippen LogP contribution in [-0.4, -0.2) is 58.3 Å². The van der Waals surface area contributed by atoms with Crippen LogP contribution in [0.4, 0.5) is 0 Å². The quantitative estimate of drug-likeness (QED) is 0.767. The van der Waals surface area contributed by atoms with Crippen molar-refractivity contribution in [2.75, 3.05) is 47.5 Å². The standard InChI is InChI=1S/C23H30N2O4/c1-17-5-7-20(27-2)19(13-17)15-23(26)25-11-9-24(10-12-25)16-18-6-8-21(28-3)22(14-18)29-4/h5-8,13-14H,9-12,15-16H2,1-4H3/p+1. The molecule has 0 bridgehead atoms. The van der Waals surface area contributed by atoms with E-state index >= 15 is 0 Å². The van der Waals surface area contributed by atoms with E-state index in [1.54, 1.807) is 21.3 Å². The van der Waals surface area contributed by atoms with Crippen LogP contribution in [0.5, 0.6) is 17.2 Å². The third-order valence-electron chi connectivity index (χ3n) is 5.50. The van der Waals surface area contributed by atoms with Gasteiger partial charge in [-0.1, -0.05) is 17.7 Å². The predicted molar refractivity (Wildman–Crippen MR) is 112 cm³/mol. The number of nitrogens with zero attached hydrogens (tertiary/aromatic N) is 1. The maximum absolute atomic E-state index is 12.8. The normalized spacial score (nSPS) is 14.6. The Morgan fingerprint density at radius 3 is 2.24 bits per heavy atom. The molecule has 2 aromatic rings. The molecule has 156 valence electrons. The summed E-state index contributed by atoms with van der Waals surface area (Å²) in [6.45, 7) is 6.36. The lowest BCUT2D eigenvalue weighted by molar-refractivity contribution is -0.917. The first-order chi connectivity index (χ1) is 14.0.